The van der Waals surface area contributed by atoms with Gasteiger partial charge in [-0.15, -0.1) is 0 Å². The Morgan fingerprint density at radius 3 is 2.27 bits per heavy atom. The van der Waals surface area contributed by atoms with Crippen LogP contribution in [0.2, 0.25) is 0 Å². The van der Waals surface area contributed by atoms with E-state index in [2.05, 4.69) is 4.98 Å². The molecule has 5 rings (SSSR count). The third-order valence-corrected chi connectivity index (χ3v) is 6.37. The Morgan fingerprint density at radius 2 is 1.53 bits per heavy atom. The Balaban J connectivity index is 2.17. The molecule has 150 valence electrons. The first-order valence-electron chi connectivity index (χ1n) is 9.20. The van der Waals surface area contributed by atoms with Crippen LogP contribution in [0.3, 0.4) is 0 Å². The Labute approximate surface area is 170 Å². The highest BCUT2D eigenvalue weighted by Gasteiger charge is 2.22. The topological polar surface area (TPSA) is 109 Å². The average molecular weight is 420 g/mol. The van der Waals surface area contributed by atoms with Crippen LogP contribution >= 0.6 is 0 Å². The van der Waals surface area contributed by atoms with Crippen LogP contribution in [0.15, 0.2) is 58.1 Å². The molecule has 0 unspecified atom stereocenters. The molecule has 0 saturated carbocycles. The molecular weight excluding hydrogens is 404 g/mol. The van der Waals surface area contributed by atoms with Crippen molar-refractivity contribution in [2.45, 2.75) is 13.8 Å². The summed E-state index contributed by atoms with van der Waals surface area (Å²) in [5, 5.41) is 0.968. The number of hydrogen-bond donors (Lipinski definition) is 2. The summed E-state index contributed by atoms with van der Waals surface area (Å²) in [5.74, 6) is 0. The molecule has 0 radical (unpaired) electrons. The maximum absolute atomic E-state index is 13.4. The van der Waals surface area contributed by atoms with Crippen LogP contribution in [0.4, 0.5) is 0 Å². The Hall–Kier alpha value is -3.49. The second-order valence-electron chi connectivity index (χ2n) is 7.41. The van der Waals surface area contributed by atoms with Gasteiger partial charge in [-0.1, -0.05) is 24.3 Å². The molecule has 0 aliphatic rings. The lowest BCUT2D eigenvalue weighted by atomic mass is 10.0. The maximum atomic E-state index is 13.4. The lowest BCUT2D eigenvalue weighted by molar-refractivity contribution is 0.476. The highest BCUT2D eigenvalue weighted by Crippen LogP contribution is 2.28. The van der Waals surface area contributed by atoms with Crippen molar-refractivity contribution in [3.8, 4) is 0 Å². The third kappa shape index (κ3) is 2.44. The molecule has 3 aromatic carbocycles. The number of aromatic amines is 1. The molecular formula is C22H16N2O5S. The van der Waals surface area contributed by atoms with Gasteiger partial charge < -0.3 is 4.98 Å². The predicted molar refractivity (Wildman–Crippen MR) is 118 cm³/mol. The molecule has 2 heterocycles. The van der Waals surface area contributed by atoms with Gasteiger partial charge in [-0.25, -0.2) is 3.97 Å². The van der Waals surface area contributed by atoms with Crippen LogP contribution < -0.4 is 10.9 Å². The number of benzene rings is 3. The van der Waals surface area contributed by atoms with Crippen molar-refractivity contribution in [2.75, 3.05) is 0 Å². The Kier molecular flexibility index (Phi) is 3.71. The van der Waals surface area contributed by atoms with Gasteiger partial charge in [0.05, 0.1) is 21.9 Å². The molecule has 0 atom stereocenters. The fourth-order valence-corrected chi connectivity index (χ4v) is 5.01. The fourth-order valence-electron chi connectivity index (χ4n) is 4.15. The maximum Gasteiger partial charge on any atom is 0.364 e. The number of aryl methyl sites for hydroxylation is 2. The quantitative estimate of drug-likeness (QED) is 0.319. The molecule has 5 aromatic rings. The fraction of sp³-hybridized carbons (Fsp3) is 0.0909. The largest absolute Gasteiger partial charge is 0.364 e. The van der Waals surface area contributed by atoms with E-state index in [0.717, 1.165) is 3.97 Å². The van der Waals surface area contributed by atoms with Crippen LogP contribution in [0.1, 0.15) is 11.1 Å². The summed E-state index contributed by atoms with van der Waals surface area (Å²) in [6, 6.07) is 13.2. The first-order chi connectivity index (χ1) is 14.2. The molecule has 2 aromatic heterocycles. The first-order valence-corrected chi connectivity index (χ1v) is 10.6. The van der Waals surface area contributed by atoms with Gasteiger partial charge in [-0.3, -0.25) is 14.1 Å². The zero-order valence-electron chi connectivity index (χ0n) is 16.1. The van der Waals surface area contributed by atoms with Crippen LogP contribution in [0, 0.1) is 13.8 Å². The van der Waals surface area contributed by atoms with Gasteiger partial charge in [-0.05, 0) is 49.2 Å². The van der Waals surface area contributed by atoms with E-state index in [1.165, 1.54) is 12.1 Å². The summed E-state index contributed by atoms with van der Waals surface area (Å²) < 4.78 is 35.6. The highest BCUT2D eigenvalue weighted by molar-refractivity contribution is 7.84. The summed E-state index contributed by atoms with van der Waals surface area (Å²) in [4.78, 5) is 29.5. The number of pyridine rings is 2. The summed E-state index contributed by atoms with van der Waals surface area (Å²) >= 11 is 0. The van der Waals surface area contributed by atoms with E-state index in [-0.39, 0.29) is 38.0 Å². The minimum atomic E-state index is -4.77. The van der Waals surface area contributed by atoms with Crippen molar-refractivity contribution in [1.82, 2.24) is 8.96 Å². The molecule has 0 fully saturated rings. The van der Waals surface area contributed by atoms with Crippen LogP contribution in [-0.2, 0) is 10.3 Å². The smallest absolute Gasteiger partial charge is 0.354 e. The molecule has 7 nitrogen and oxygen atoms in total. The van der Waals surface area contributed by atoms with Crippen molar-refractivity contribution in [1.29, 1.82) is 0 Å². The molecule has 30 heavy (non-hydrogen) atoms. The van der Waals surface area contributed by atoms with Gasteiger partial charge in [0.2, 0.25) is 0 Å². The van der Waals surface area contributed by atoms with Crippen molar-refractivity contribution < 1.29 is 13.0 Å². The van der Waals surface area contributed by atoms with E-state index in [4.69, 9.17) is 0 Å². The van der Waals surface area contributed by atoms with Gasteiger partial charge in [0.25, 0.3) is 0 Å². The summed E-state index contributed by atoms with van der Waals surface area (Å²) in [6.45, 7) is 3.37. The molecule has 8 heteroatoms. The van der Waals surface area contributed by atoms with Crippen molar-refractivity contribution in [3.63, 3.8) is 0 Å². The van der Waals surface area contributed by atoms with Crippen LogP contribution in [0.25, 0.3) is 43.6 Å². The van der Waals surface area contributed by atoms with E-state index < -0.39 is 10.3 Å². The first kappa shape index (κ1) is 18.5. The molecule has 0 aliphatic heterocycles. The molecule has 0 aliphatic carbocycles. The third-order valence-electron chi connectivity index (χ3n) is 5.53. The molecule has 0 saturated heterocycles. The number of fused-ring (bicyclic) bond motifs is 4. The van der Waals surface area contributed by atoms with Gasteiger partial charge >= 0.3 is 10.3 Å². The number of aromatic nitrogens is 2. The molecule has 0 amide bonds. The van der Waals surface area contributed by atoms with E-state index in [0.29, 0.717) is 27.5 Å². The van der Waals surface area contributed by atoms with E-state index in [9.17, 15) is 22.6 Å². The normalized spacial score (nSPS) is 12.4. The second kappa shape index (κ2) is 6.01. The lowest BCUT2D eigenvalue weighted by Crippen LogP contribution is -2.20. The number of para-hydroxylation sites is 1. The summed E-state index contributed by atoms with van der Waals surface area (Å²) in [5.41, 5.74) is 1.52. The monoisotopic (exact) mass is 420 g/mol. The van der Waals surface area contributed by atoms with E-state index in [1.54, 1.807) is 50.2 Å². The summed E-state index contributed by atoms with van der Waals surface area (Å²) in [6.07, 6.45) is 0. The lowest BCUT2D eigenvalue weighted by Gasteiger charge is -2.16. The summed E-state index contributed by atoms with van der Waals surface area (Å²) in [7, 11) is -4.77. The Morgan fingerprint density at radius 1 is 0.833 bits per heavy atom. The average Bonchev–Trinajstić information content (AvgIpc) is 2.69. The minimum Gasteiger partial charge on any atom is -0.354 e. The molecule has 0 spiro atoms. The zero-order chi connectivity index (χ0) is 21.4. The SMILES string of the molecule is Cc1ccc(C)c2c1c(=O)c1cc3[nH]c4ccccc4c(=O)c3cc1n2S(=O)(=O)O. The van der Waals surface area contributed by atoms with Crippen LogP contribution in [-0.4, -0.2) is 21.9 Å². The van der Waals surface area contributed by atoms with E-state index in [1.807, 2.05) is 0 Å². The predicted octanol–water partition coefficient (Wildman–Crippen LogP) is 3.42. The number of nitrogens with zero attached hydrogens (tertiary/aromatic N) is 1. The highest BCUT2D eigenvalue weighted by atomic mass is 32.2. The van der Waals surface area contributed by atoms with Gasteiger partial charge in [0, 0.05) is 21.7 Å². The molecule has 0 bridgehead atoms. The van der Waals surface area contributed by atoms with Gasteiger partial charge in [0.15, 0.2) is 10.9 Å². The van der Waals surface area contributed by atoms with E-state index >= 15 is 0 Å². The Bertz CT molecular complexity index is 1780. The van der Waals surface area contributed by atoms with Crippen LogP contribution in [0.5, 0.6) is 0 Å². The number of H-pyrrole nitrogens is 1. The zero-order valence-corrected chi connectivity index (χ0v) is 16.9. The van der Waals surface area contributed by atoms with Gasteiger partial charge in [0.1, 0.15) is 0 Å². The van der Waals surface area contributed by atoms with Crippen molar-refractivity contribution in [2.24, 2.45) is 0 Å². The van der Waals surface area contributed by atoms with Crippen molar-refractivity contribution >= 4 is 53.9 Å². The van der Waals surface area contributed by atoms with Crippen molar-refractivity contribution in [3.05, 3.63) is 80.1 Å². The second-order valence-corrected chi connectivity index (χ2v) is 8.67. The number of hydrogen-bond acceptors (Lipinski definition) is 4. The van der Waals surface area contributed by atoms with Gasteiger partial charge in [-0.2, -0.15) is 8.42 Å². The molecule has 2 N–H and O–H groups in total. The number of nitrogens with one attached hydrogen (secondary N) is 1. The number of rotatable bonds is 1. The standard InChI is InChI=1S/C22H16N2O5S/c1-11-7-8-12(2)20-19(11)22(26)15-9-17-14(10-18(15)24(20)30(27,28)29)21(25)13-5-3-4-6-16(13)23-17/h3-10H,1-2H3,(H,23,25)(H,27,28,29). The minimum absolute atomic E-state index is 0.0445.